The first-order chi connectivity index (χ1) is 17.4. The van der Waals surface area contributed by atoms with Gasteiger partial charge in [-0.05, 0) is 56.0 Å². The second kappa shape index (κ2) is 9.93. The summed E-state index contributed by atoms with van der Waals surface area (Å²) >= 11 is 6.22. The van der Waals surface area contributed by atoms with E-state index in [0.29, 0.717) is 16.8 Å². The quantitative estimate of drug-likeness (QED) is 0.266. The molecule has 0 atom stereocenters. The molecule has 3 aromatic heterocycles. The number of rotatable bonds is 5. The third kappa shape index (κ3) is 4.73. The zero-order valence-corrected chi connectivity index (χ0v) is 20.1. The van der Waals surface area contributed by atoms with E-state index >= 15 is 0 Å². The maximum absolute atomic E-state index is 13.8. The molecule has 0 spiro atoms. The van der Waals surface area contributed by atoms with E-state index in [1.807, 2.05) is 18.3 Å². The standard InChI is InChI=1S/C26H24ClFN8/c27-21-8-3-16(28)11-22(21)35-26(31)20-13-33-36-14-15(19-2-1-9-32-23(19)12-29)10-24(36)25(20)34-18-6-4-17(30)5-7-18/h1-3,8-11,13-14,17-18,34H,4-7,30H2,(H2,31,35)/t17-,18-. The van der Waals surface area contributed by atoms with Gasteiger partial charge in [-0.25, -0.2) is 18.9 Å². The molecule has 3 heterocycles. The molecule has 8 nitrogen and oxygen atoms in total. The molecule has 1 aliphatic rings. The molecule has 36 heavy (non-hydrogen) atoms. The molecule has 0 aliphatic heterocycles. The number of hydrogen-bond donors (Lipinski definition) is 3. The second-order valence-electron chi connectivity index (χ2n) is 8.85. The van der Waals surface area contributed by atoms with Gasteiger partial charge < -0.3 is 16.8 Å². The number of pyridine rings is 1. The van der Waals surface area contributed by atoms with Crippen LogP contribution in [-0.4, -0.2) is 32.5 Å². The molecule has 5 rings (SSSR count). The van der Waals surface area contributed by atoms with E-state index in [4.69, 9.17) is 23.1 Å². The van der Waals surface area contributed by atoms with Crippen LogP contribution < -0.4 is 16.8 Å². The fourth-order valence-corrected chi connectivity index (χ4v) is 4.67. The van der Waals surface area contributed by atoms with Crippen molar-refractivity contribution in [2.24, 2.45) is 16.5 Å². The molecule has 0 unspecified atom stereocenters. The van der Waals surface area contributed by atoms with Crippen molar-refractivity contribution in [2.45, 2.75) is 37.8 Å². The Hall–Kier alpha value is -4.00. The zero-order chi connectivity index (χ0) is 25.2. The van der Waals surface area contributed by atoms with Gasteiger partial charge in [0.05, 0.1) is 33.7 Å². The van der Waals surface area contributed by atoms with Gasteiger partial charge in [0, 0.05) is 41.7 Å². The van der Waals surface area contributed by atoms with Gasteiger partial charge in [0.2, 0.25) is 0 Å². The van der Waals surface area contributed by atoms with Crippen LogP contribution in [0.5, 0.6) is 0 Å². The lowest BCUT2D eigenvalue weighted by Gasteiger charge is -2.28. The largest absolute Gasteiger partial charge is 0.383 e. The summed E-state index contributed by atoms with van der Waals surface area (Å²) in [4.78, 5) is 8.59. The molecule has 1 saturated carbocycles. The number of aliphatic imine (C=N–C) groups is 1. The van der Waals surface area contributed by atoms with Gasteiger partial charge in [0.25, 0.3) is 0 Å². The summed E-state index contributed by atoms with van der Waals surface area (Å²) in [5.74, 6) is -0.313. The number of hydrogen-bond acceptors (Lipinski definition) is 6. The van der Waals surface area contributed by atoms with E-state index < -0.39 is 5.82 Å². The highest BCUT2D eigenvalue weighted by atomic mass is 35.5. The minimum absolute atomic E-state index is 0.148. The molecule has 182 valence electrons. The lowest BCUT2D eigenvalue weighted by molar-refractivity contribution is 0.411. The highest BCUT2D eigenvalue weighted by molar-refractivity contribution is 6.33. The number of nitrogens with zero attached hydrogens (tertiary/aromatic N) is 5. The van der Waals surface area contributed by atoms with Crippen molar-refractivity contribution < 1.29 is 4.39 Å². The summed E-state index contributed by atoms with van der Waals surface area (Å²) in [6.07, 6.45) is 8.72. The fourth-order valence-electron chi connectivity index (χ4n) is 4.51. The number of nitriles is 1. The summed E-state index contributed by atoms with van der Waals surface area (Å²) in [6, 6.07) is 12.0. The van der Waals surface area contributed by atoms with Crippen LogP contribution in [0.1, 0.15) is 36.9 Å². The fraction of sp³-hybridized carbons (Fsp3) is 0.231. The van der Waals surface area contributed by atoms with Crippen LogP contribution in [0.25, 0.3) is 16.6 Å². The van der Waals surface area contributed by atoms with Crippen molar-refractivity contribution in [3.63, 3.8) is 0 Å². The van der Waals surface area contributed by atoms with Crippen molar-refractivity contribution in [3.8, 4) is 17.2 Å². The Morgan fingerprint density at radius 1 is 1.22 bits per heavy atom. The van der Waals surface area contributed by atoms with Gasteiger partial charge in [-0.15, -0.1) is 0 Å². The number of nitrogens with two attached hydrogens (primary N) is 2. The summed E-state index contributed by atoms with van der Waals surface area (Å²) < 4.78 is 15.5. The molecule has 1 aliphatic carbocycles. The molecule has 4 aromatic rings. The number of aromatic nitrogens is 3. The van der Waals surface area contributed by atoms with Crippen molar-refractivity contribution >= 4 is 34.3 Å². The summed E-state index contributed by atoms with van der Waals surface area (Å²) in [5, 5.41) is 18.0. The average Bonchev–Trinajstić information content (AvgIpc) is 3.32. The monoisotopic (exact) mass is 502 g/mol. The molecule has 0 radical (unpaired) electrons. The van der Waals surface area contributed by atoms with Gasteiger partial charge in [-0.2, -0.15) is 10.4 Å². The Kier molecular flexibility index (Phi) is 6.55. The van der Waals surface area contributed by atoms with Crippen LogP contribution in [0, 0.1) is 17.1 Å². The number of amidine groups is 1. The molecular weight excluding hydrogens is 479 g/mol. The smallest absolute Gasteiger partial charge is 0.148 e. The lowest BCUT2D eigenvalue weighted by Crippen LogP contribution is -2.33. The van der Waals surface area contributed by atoms with Gasteiger partial charge in [-0.1, -0.05) is 11.6 Å². The Morgan fingerprint density at radius 3 is 2.81 bits per heavy atom. The second-order valence-corrected chi connectivity index (χ2v) is 9.26. The predicted molar refractivity (Wildman–Crippen MR) is 139 cm³/mol. The number of benzene rings is 1. The van der Waals surface area contributed by atoms with E-state index in [1.165, 1.54) is 18.2 Å². The van der Waals surface area contributed by atoms with Gasteiger partial charge in [-0.3, -0.25) is 0 Å². The van der Waals surface area contributed by atoms with Crippen LogP contribution in [0.4, 0.5) is 15.8 Å². The molecule has 0 saturated heterocycles. The Labute approximate surface area is 212 Å². The van der Waals surface area contributed by atoms with Crippen LogP contribution in [0.15, 0.2) is 60.0 Å². The topological polar surface area (TPSA) is 130 Å². The normalized spacial score (nSPS) is 18.2. The molecule has 10 heteroatoms. The van der Waals surface area contributed by atoms with Crippen LogP contribution in [0.3, 0.4) is 0 Å². The van der Waals surface area contributed by atoms with Gasteiger partial charge >= 0.3 is 0 Å². The van der Waals surface area contributed by atoms with Crippen molar-refractivity contribution in [1.29, 1.82) is 5.26 Å². The van der Waals surface area contributed by atoms with E-state index in [1.54, 1.807) is 23.0 Å². The van der Waals surface area contributed by atoms with Crippen LogP contribution in [0.2, 0.25) is 5.02 Å². The first-order valence-electron chi connectivity index (χ1n) is 11.6. The molecule has 0 amide bonds. The van der Waals surface area contributed by atoms with E-state index in [9.17, 15) is 9.65 Å². The average molecular weight is 503 g/mol. The van der Waals surface area contributed by atoms with Gasteiger partial charge in [0.15, 0.2) is 0 Å². The molecule has 1 fully saturated rings. The Morgan fingerprint density at radius 2 is 2.03 bits per heavy atom. The Balaban J connectivity index is 1.64. The first-order valence-corrected chi connectivity index (χ1v) is 12.0. The minimum Gasteiger partial charge on any atom is -0.383 e. The number of anilines is 1. The zero-order valence-electron chi connectivity index (χ0n) is 19.3. The molecular formula is C26H24ClFN8. The third-order valence-corrected chi connectivity index (χ3v) is 6.73. The van der Waals surface area contributed by atoms with Crippen molar-refractivity contribution in [2.75, 3.05) is 5.32 Å². The Bertz CT molecular complexity index is 1500. The summed E-state index contributed by atoms with van der Waals surface area (Å²) in [5.41, 5.74) is 16.7. The van der Waals surface area contributed by atoms with E-state index in [0.717, 1.165) is 42.5 Å². The van der Waals surface area contributed by atoms with E-state index in [-0.39, 0.29) is 28.6 Å². The van der Waals surface area contributed by atoms with Crippen molar-refractivity contribution in [3.05, 3.63) is 77.1 Å². The maximum Gasteiger partial charge on any atom is 0.148 e. The highest BCUT2D eigenvalue weighted by Crippen LogP contribution is 2.33. The summed E-state index contributed by atoms with van der Waals surface area (Å²) in [7, 11) is 0. The van der Waals surface area contributed by atoms with Crippen LogP contribution in [-0.2, 0) is 0 Å². The predicted octanol–water partition coefficient (Wildman–Crippen LogP) is 4.78. The van der Waals surface area contributed by atoms with Gasteiger partial charge in [0.1, 0.15) is 23.4 Å². The lowest BCUT2D eigenvalue weighted by atomic mass is 9.91. The van der Waals surface area contributed by atoms with E-state index in [2.05, 4.69) is 26.5 Å². The molecule has 1 aromatic carbocycles. The SMILES string of the molecule is N#Cc1ncccc1-c1cc2c(N[C@H]3CC[C@H](N)CC3)c(/C(N)=N/c3cc(F)ccc3Cl)cnn2c1. The maximum atomic E-state index is 13.8. The number of halogens is 2. The molecule has 0 bridgehead atoms. The molecule has 5 N–H and O–H groups in total. The number of fused-ring (bicyclic) bond motifs is 1. The third-order valence-electron chi connectivity index (χ3n) is 6.41. The first kappa shape index (κ1) is 23.7. The van der Waals surface area contributed by atoms with Crippen molar-refractivity contribution in [1.82, 2.24) is 14.6 Å². The highest BCUT2D eigenvalue weighted by Gasteiger charge is 2.22. The van der Waals surface area contributed by atoms with Crippen LogP contribution >= 0.6 is 11.6 Å². The minimum atomic E-state index is -0.461. The number of nitrogens with one attached hydrogen (secondary N) is 1. The summed E-state index contributed by atoms with van der Waals surface area (Å²) in [6.45, 7) is 0.